The van der Waals surface area contributed by atoms with Gasteiger partial charge in [0.15, 0.2) is 0 Å². The summed E-state index contributed by atoms with van der Waals surface area (Å²) in [5.74, 6) is 0.0155. The maximum atomic E-state index is 11.3. The van der Waals surface area contributed by atoms with E-state index >= 15 is 0 Å². The van der Waals surface area contributed by atoms with Gasteiger partial charge in [0.05, 0.1) is 0 Å². The summed E-state index contributed by atoms with van der Waals surface area (Å²) in [5.41, 5.74) is 2.52. The molecule has 0 bridgehead atoms. The van der Waals surface area contributed by atoms with E-state index in [1.807, 2.05) is 13.0 Å². The molecule has 0 spiro atoms. The number of allylic oxidation sites excluding steroid dienone is 2. The van der Waals surface area contributed by atoms with Crippen LogP contribution in [-0.2, 0) is 4.79 Å². The molecule has 18 heavy (non-hydrogen) atoms. The van der Waals surface area contributed by atoms with Crippen molar-refractivity contribution in [2.45, 2.75) is 71.6 Å². The van der Waals surface area contributed by atoms with Gasteiger partial charge in [0.2, 0.25) is 5.91 Å². The number of unbranched alkanes of at least 4 members (excludes halogenated alkanes) is 7. The number of amides is 1. The van der Waals surface area contributed by atoms with Crippen LogP contribution in [0.4, 0.5) is 0 Å². The lowest BCUT2D eigenvalue weighted by Crippen LogP contribution is -2.16. The zero-order valence-corrected chi connectivity index (χ0v) is 12.0. The molecule has 0 saturated carbocycles. The van der Waals surface area contributed by atoms with Crippen LogP contribution in [0.3, 0.4) is 0 Å². The molecule has 0 heterocycles. The Kier molecular flexibility index (Phi) is 13.1. The molecule has 0 fully saturated rings. The van der Waals surface area contributed by atoms with Crippen molar-refractivity contribution in [2.75, 3.05) is 0 Å². The van der Waals surface area contributed by atoms with Crippen LogP contribution in [0.15, 0.2) is 17.3 Å². The molecule has 0 aromatic carbocycles. The van der Waals surface area contributed by atoms with Crippen molar-refractivity contribution < 1.29 is 4.79 Å². The van der Waals surface area contributed by atoms with Crippen molar-refractivity contribution in [3.8, 4) is 0 Å². The highest BCUT2D eigenvalue weighted by Gasteiger charge is 1.98. The molecular weight excluding hydrogens is 224 g/mol. The van der Waals surface area contributed by atoms with E-state index in [1.165, 1.54) is 38.5 Å². The second-order valence-electron chi connectivity index (χ2n) is 4.56. The minimum atomic E-state index is 0.0155. The number of rotatable bonds is 11. The number of nitrogens with one attached hydrogen (secondary N) is 1. The largest absolute Gasteiger partial charge is 0.273 e. The first-order valence-electron chi connectivity index (χ1n) is 7.24. The van der Waals surface area contributed by atoms with Gasteiger partial charge >= 0.3 is 0 Å². The Balaban J connectivity index is 3.25. The van der Waals surface area contributed by atoms with E-state index in [9.17, 15) is 4.79 Å². The van der Waals surface area contributed by atoms with Crippen LogP contribution >= 0.6 is 0 Å². The SMILES string of the molecule is CC=CC=NNC(=O)CCCCCCCCCC. The minimum absolute atomic E-state index is 0.0155. The fourth-order valence-electron chi connectivity index (χ4n) is 1.71. The molecule has 3 heteroatoms. The van der Waals surface area contributed by atoms with Gasteiger partial charge in [-0.25, -0.2) is 5.43 Å². The van der Waals surface area contributed by atoms with Gasteiger partial charge in [-0.3, -0.25) is 4.79 Å². The fourth-order valence-corrected chi connectivity index (χ4v) is 1.71. The van der Waals surface area contributed by atoms with Crippen molar-refractivity contribution in [3.05, 3.63) is 12.2 Å². The van der Waals surface area contributed by atoms with E-state index in [-0.39, 0.29) is 5.91 Å². The minimum Gasteiger partial charge on any atom is -0.273 e. The lowest BCUT2D eigenvalue weighted by molar-refractivity contribution is -0.121. The maximum absolute atomic E-state index is 11.3. The van der Waals surface area contributed by atoms with Gasteiger partial charge in [0.25, 0.3) is 0 Å². The third-order valence-corrected chi connectivity index (χ3v) is 2.80. The Morgan fingerprint density at radius 2 is 1.67 bits per heavy atom. The van der Waals surface area contributed by atoms with Crippen LogP contribution in [0.25, 0.3) is 0 Å². The Morgan fingerprint density at radius 1 is 1.06 bits per heavy atom. The lowest BCUT2D eigenvalue weighted by Gasteiger charge is -2.01. The van der Waals surface area contributed by atoms with Gasteiger partial charge in [0, 0.05) is 12.6 Å². The number of carbonyl (C=O) groups excluding carboxylic acids is 1. The van der Waals surface area contributed by atoms with Crippen LogP contribution in [0.5, 0.6) is 0 Å². The highest BCUT2D eigenvalue weighted by Crippen LogP contribution is 2.09. The topological polar surface area (TPSA) is 41.5 Å². The van der Waals surface area contributed by atoms with Crippen molar-refractivity contribution in [1.82, 2.24) is 5.43 Å². The van der Waals surface area contributed by atoms with Gasteiger partial charge in [0.1, 0.15) is 0 Å². The summed E-state index contributed by atoms with van der Waals surface area (Å²) in [5, 5.41) is 3.80. The molecule has 1 amide bonds. The van der Waals surface area contributed by atoms with E-state index in [0.29, 0.717) is 6.42 Å². The van der Waals surface area contributed by atoms with E-state index < -0.39 is 0 Å². The number of hydrazone groups is 1. The van der Waals surface area contributed by atoms with Crippen molar-refractivity contribution in [2.24, 2.45) is 5.10 Å². The first-order chi connectivity index (χ1) is 8.81. The second kappa shape index (κ2) is 13.9. The second-order valence-corrected chi connectivity index (χ2v) is 4.56. The van der Waals surface area contributed by atoms with E-state index in [2.05, 4.69) is 17.5 Å². The third kappa shape index (κ3) is 12.9. The zero-order valence-electron chi connectivity index (χ0n) is 12.0. The standard InChI is InChI=1S/C15H28N2O/c1-3-5-7-8-9-10-11-12-13-15(18)17-16-14-6-4-2/h4,6,14H,3,5,7-13H2,1-2H3,(H,17,18). The molecule has 0 aliphatic heterocycles. The smallest absolute Gasteiger partial charge is 0.240 e. The molecule has 104 valence electrons. The summed E-state index contributed by atoms with van der Waals surface area (Å²) in [7, 11) is 0. The highest BCUT2D eigenvalue weighted by atomic mass is 16.2. The first-order valence-corrected chi connectivity index (χ1v) is 7.24. The molecule has 0 aliphatic rings. The fraction of sp³-hybridized carbons (Fsp3) is 0.733. The molecule has 0 rings (SSSR count). The highest BCUT2D eigenvalue weighted by molar-refractivity contribution is 5.78. The summed E-state index contributed by atoms with van der Waals surface area (Å²) < 4.78 is 0. The van der Waals surface area contributed by atoms with E-state index in [1.54, 1.807) is 12.3 Å². The molecule has 1 N–H and O–H groups in total. The lowest BCUT2D eigenvalue weighted by atomic mass is 10.1. The van der Waals surface area contributed by atoms with Gasteiger partial charge in [-0.1, -0.05) is 57.9 Å². The third-order valence-electron chi connectivity index (χ3n) is 2.80. The average molecular weight is 252 g/mol. The summed E-state index contributed by atoms with van der Waals surface area (Å²) in [4.78, 5) is 11.3. The van der Waals surface area contributed by atoms with Crippen molar-refractivity contribution in [1.29, 1.82) is 0 Å². The molecule has 0 radical (unpaired) electrons. The Bertz CT molecular complexity index is 247. The van der Waals surface area contributed by atoms with Gasteiger partial charge in [-0.05, 0) is 19.4 Å². The molecule has 0 aromatic heterocycles. The van der Waals surface area contributed by atoms with Crippen LogP contribution in [0.2, 0.25) is 0 Å². The van der Waals surface area contributed by atoms with E-state index in [0.717, 1.165) is 12.8 Å². The predicted octanol–water partition coefficient (Wildman–Crippen LogP) is 4.20. The molecule has 3 nitrogen and oxygen atoms in total. The molecule has 0 saturated heterocycles. The van der Waals surface area contributed by atoms with Gasteiger partial charge < -0.3 is 0 Å². The quantitative estimate of drug-likeness (QED) is 0.334. The predicted molar refractivity (Wildman–Crippen MR) is 78.7 cm³/mol. The van der Waals surface area contributed by atoms with Gasteiger partial charge in [-0.2, -0.15) is 5.10 Å². The molecule has 0 unspecified atom stereocenters. The van der Waals surface area contributed by atoms with Crippen LogP contribution in [0.1, 0.15) is 71.6 Å². The van der Waals surface area contributed by atoms with Crippen molar-refractivity contribution >= 4 is 12.1 Å². The molecule has 0 aromatic rings. The molecular formula is C15H28N2O. The normalized spacial score (nSPS) is 11.4. The average Bonchev–Trinajstić information content (AvgIpc) is 2.38. The number of carbonyl (C=O) groups is 1. The summed E-state index contributed by atoms with van der Waals surface area (Å²) in [6.07, 6.45) is 15.9. The maximum Gasteiger partial charge on any atom is 0.240 e. The zero-order chi connectivity index (χ0) is 13.5. The summed E-state index contributed by atoms with van der Waals surface area (Å²) in [6, 6.07) is 0. The molecule has 0 atom stereocenters. The molecule has 0 aliphatic carbocycles. The summed E-state index contributed by atoms with van der Waals surface area (Å²) in [6.45, 7) is 4.14. The Labute approximate surface area is 112 Å². The number of hydrogen-bond acceptors (Lipinski definition) is 2. The number of hydrogen-bond donors (Lipinski definition) is 1. The Hall–Kier alpha value is -1.12. The summed E-state index contributed by atoms with van der Waals surface area (Å²) >= 11 is 0. The number of nitrogens with zero attached hydrogens (tertiary/aromatic N) is 1. The van der Waals surface area contributed by atoms with Crippen LogP contribution < -0.4 is 5.43 Å². The first kappa shape index (κ1) is 16.9. The van der Waals surface area contributed by atoms with E-state index in [4.69, 9.17) is 0 Å². The van der Waals surface area contributed by atoms with Crippen molar-refractivity contribution in [3.63, 3.8) is 0 Å². The van der Waals surface area contributed by atoms with Crippen LogP contribution in [0, 0.1) is 0 Å². The van der Waals surface area contributed by atoms with Crippen LogP contribution in [-0.4, -0.2) is 12.1 Å². The monoisotopic (exact) mass is 252 g/mol. The Morgan fingerprint density at radius 3 is 2.28 bits per heavy atom. The van der Waals surface area contributed by atoms with Gasteiger partial charge in [-0.15, -0.1) is 0 Å².